The smallest absolute Gasteiger partial charge is 0.306 e. The zero-order valence-corrected chi connectivity index (χ0v) is 9.52. The molecule has 4 heteroatoms. The van der Waals surface area contributed by atoms with Crippen molar-refractivity contribution < 1.29 is 14.3 Å². The maximum absolute atomic E-state index is 11.3. The van der Waals surface area contributed by atoms with Gasteiger partial charge in [0.2, 0.25) is 5.91 Å². The van der Waals surface area contributed by atoms with E-state index in [1.165, 1.54) is 0 Å². The van der Waals surface area contributed by atoms with E-state index in [-0.39, 0.29) is 12.6 Å². The second-order valence-electron chi connectivity index (χ2n) is 3.51. The van der Waals surface area contributed by atoms with Crippen molar-refractivity contribution in [2.75, 3.05) is 0 Å². The molecule has 2 N–H and O–H groups in total. The number of esters is 1. The maximum atomic E-state index is 11.3. The Bertz CT molecular complexity index is 426. The molecule has 1 amide bonds. The van der Waals surface area contributed by atoms with Crippen molar-refractivity contribution in [1.82, 2.24) is 0 Å². The standard InChI is InChI=1S/C13H15NO3/c1-2-3-8-12(15)17-9-10-6-4-5-7-11(10)13(14)16/h2,4-7H,1,3,8-9H2,(H2,14,16). The van der Waals surface area contributed by atoms with E-state index < -0.39 is 5.91 Å². The molecular weight excluding hydrogens is 218 g/mol. The lowest BCUT2D eigenvalue weighted by Crippen LogP contribution is -2.15. The minimum atomic E-state index is -0.525. The van der Waals surface area contributed by atoms with Crippen LogP contribution in [0.2, 0.25) is 0 Å². The average molecular weight is 233 g/mol. The highest BCUT2D eigenvalue weighted by molar-refractivity contribution is 5.94. The number of nitrogens with two attached hydrogens (primary N) is 1. The molecule has 4 nitrogen and oxygen atoms in total. The molecule has 0 aliphatic heterocycles. The summed E-state index contributed by atoms with van der Waals surface area (Å²) < 4.78 is 5.03. The summed E-state index contributed by atoms with van der Waals surface area (Å²) in [5.74, 6) is -0.841. The highest BCUT2D eigenvalue weighted by Crippen LogP contribution is 2.10. The van der Waals surface area contributed by atoms with E-state index in [2.05, 4.69) is 6.58 Å². The van der Waals surface area contributed by atoms with Gasteiger partial charge in [-0.1, -0.05) is 24.3 Å². The molecule has 90 valence electrons. The fourth-order valence-corrected chi connectivity index (χ4v) is 1.34. The Morgan fingerprint density at radius 3 is 2.71 bits per heavy atom. The van der Waals surface area contributed by atoms with Crippen molar-refractivity contribution in [2.45, 2.75) is 19.4 Å². The van der Waals surface area contributed by atoms with E-state index >= 15 is 0 Å². The van der Waals surface area contributed by atoms with Crippen molar-refractivity contribution in [3.05, 3.63) is 48.0 Å². The molecule has 0 heterocycles. The van der Waals surface area contributed by atoms with Crippen LogP contribution in [0.1, 0.15) is 28.8 Å². The van der Waals surface area contributed by atoms with Crippen LogP contribution in [0.25, 0.3) is 0 Å². The predicted octanol–water partition coefficient (Wildman–Crippen LogP) is 1.79. The molecular formula is C13H15NO3. The van der Waals surface area contributed by atoms with Crippen molar-refractivity contribution >= 4 is 11.9 Å². The summed E-state index contributed by atoms with van der Waals surface area (Å²) >= 11 is 0. The van der Waals surface area contributed by atoms with Gasteiger partial charge in [0.25, 0.3) is 0 Å². The number of carbonyl (C=O) groups excluding carboxylic acids is 2. The first-order valence-electron chi connectivity index (χ1n) is 5.29. The molecule has 1 rings (SSSR count). The van der Waals surface area contributed by atoms with Gasteiger partial charge in [-0.05, 0) is 12.5 Å². The Morgan fingerprint density at radius 1 is 1.35 bits per heavy atom. The Labute approximate surface area is 100 Å². The largest absolute Gasteiger partial charge is 0.461 e. The summed E-state index contributed by atoms with van der Waals surface area (Å²) in [4.78, 5) is 22.4. The quantitative estimate of drug-likeness (QED) is 0.601. The van der Waals surface area contributed by atoms with Gasteiger partial charge in [-0.2, -0.15) is 0 Å². The first-order valence-corrected chi connectivity index (χ1v) is 5.29. The van der Waals surface area contributed by atoms with Gasteiger partial charge in [0.15, 0.2) is 0 Å². The summed E-state index contributed by atoms with van der Waals surface area (Å²) in [5.41, 5.74) is 6.20. The zero-order chi connectivity index (χ0) is 12.7. The van der Waals surface area contributed by atoms with Crippen LogP contribution in [0.4, 0.5) is 0 Å². The van der Waals surface area contributed by atoms with Crippen molar-refractivity contribution in [3.63, 3.8) is 0 Å². The van der Waals surface area contributed by atoms with Crippen molar-refractivity contribution in [3.8, 4) is 0 Å². The number of hydrogen-bond acceptors (Lipinski definition) is 3. The van der Waals surface area contributed by atoms with E-state index in [1.807, 2.05) is 0 Å². The first kappa shape index (κ1) is 13.0. The molecule has 0 fully saturated rings. The van der Waals surface area contributed by atoms with Crippen LogP contribution in [-0.4, -0.2) is 11.9 Å². The summed E-state index contributed by atoms with van der Waals surface area (Å²) in [6.07, 6.45) is 2.52. The summed E-state index contributed by atoms with van der Waals surface area (Å²) in [6.45, 7) is 3.58. The number of benzene rings is 1. The number of ether oxygens (including phenoxy) is 1. The van der Waals surface area contributed by atoms with E-state index in [9.17, 15) is 9.59 Å². The molecule has 0 atom stereocenters. The SMILES string of the molecule is C=CCCC(=O)OCc1ccccc1C(N)=O. The minimum Gasteiger partial charge on any atom is -0.461 e. The number of amides is 1. The molecule has 0 aliphatic rings. The lowest BCUT2D eigenvalue weighted by molar-refractivity contribution is -0.144. The second-order valence-corrected chi connectivity index (χ2v) is 3.51. The Hall–Kier alpha value is -2.10. The van der Waals surface area contributed by atoms with Gasteiger partial charge in [0.05, 0.1) is 0 Å². The topological polar surface area (TPSA) is 69.4 Å². The molecule has 0 radical (unpaired) electrons. The minimum absolute atomic E-state index is 0.0646. The van der Waals surface area contributed by atoms with Crippen LogP contribution in [-0.2, 0) is 16.1 Å². The van der Waals surface area contributed by atoms with E-state index in [1.54, 1.807) is 30.3 Å². The van der Waals surface area contributed by atoms with Gasteiger partial charge in [-0.15, -0.1) is 6.58 Å². The summed E-state index contributed by atoms with van der Waals surface area (Å²) in [5, 5.41) is 0. The molecule has 1 aromatic rings. The molecule has 0 aromatic heterocycles. The molecule has 1 aromatic carbocycles. The number of rotatable bonds is 6. The van der Waals surface area contributed by atoms with Gasteiger partial charge >= 0.3 is 5.97 Å². The number of hydrogen-bond donors (Lipinski definition) is 1. The summed E-state index contributed by atoms with van der Waals surface area (Å²) in [7, 11) is 0. The zero-order valence-electron chi connectivity index (χ0n) is 9.52. The molecule has 17 heavy (non-hydrogen) atoms. The fraction of sp³-hybridized carbons (Fsp3) is 0.231. The third kappa shape index (κ3) is 4.10. The van der Waals surface area contributed by atoms with E-state index in [0.29, 0.717) is 24.0 Å². The monoisotopic (exact) mass is 233 g/mol. The van der Waals surface area contributed by atoms with Crippen LogP contribution in [0.15, 0.2) is 36.9 Å². The molecule has 0 saturated heterocycles. The van der Waals surface area contributed by atoms with Gasteiger partial charge < -0.3 is 10.5 Å². The van der Waals surface area contributed by atoms with Crippen LogP contribution >= 0.6 is 0 Å². The number of allylic oxidation sites excluding steroid dienone is 1. The first-order chi connectivity index (χ1) is 8.15. The van der Waals surface area contributed by atoms with Crippen molar-refractivity contribution in [1.29, 1.82) is 0 Å². The van der Waals surface area contributed by atoms with E-state index in [0.717, 1.165) is 0 Å². The normalized spacial score (nSPS) is 9.65. The highest BCUT2D eigenvalue weighted by atomic mass is 16.5. The van der Waals surface area contributed by atoms with Crippen LogP contribution < -0.4 is 5.73 Å². The lowest BCUT2D eigenvalue weighted by Gasteiger charge is -2.07. The van der Waals surface area contributed by atoms with Gasteiger partial charge in [0.1, 0.15) is 6.61 Å². The van der Waals surface area contributed by atoms with Crippen LogP contribution in [0.3, 0.4) is 0 Å². The average Bonchev–Trinajstić information content (AvgIpc) is 2.34. The Kier molecular flexibility index (Phi) is 4.94. The maximum Gasteiger partial charge on any atom is 0.306 e. The summed E-state index contributed by atoms with van der Waals surface area (Å²) in [6, 6.07) is 6.79. The molecule has 0 saturated carbocycles. The predicted molar refractivity (Wildman–Crippen MR) is 64.2 cm³/mol. The fourth-order valence-electron chi connectivity index (χ4n) is 1.34. The van der Waals surface area contributed by atoms with Crippen LogP contribution in [0, 0.1) is 0 Å². The van der Waals surface area contributed by atoms with Gasteiger partial charge in [0, 0.05) is 17.5 Å². The lowest BCUT2D eigenvalue weighted by atomic mass is 10.1. The molecule has 0 bridgehead atoms. The third-order valence-corrected chi connectivity index (χ3v) is 2.22. The molecule has 0 aliphatic carbocycles. The number of primary amides is 1. The molecule has 0 spiro atoms. The third-order valence-electron chi connectivity index (χ3n) is 2.22. The van der Waals surface area contributed by atoms with Crippen molar-refractivity contribution in [2.24, 2.45) is 5.73 Å². The Balaban J connectivity index is 2.60. The van der Waals surface area contributed by atoms with Crippen LogP contribution in [0.5, 0.6) is 0 Å². The van der Waals surface area contributed by atoms with E-state index in [4.69, 9.17) is 10.5 Å². The second kappa shape index (κ2) is 6.48. The number of carbonyl (C=O) groups is 2. The molecule has 0 unspecified atom stereocenters. The Morgan fingerprint density at radius 2 is 2.06 bits per heavy atom. The highest BCUT2D eigenvalue weighted by Gasteiger charge is 2.09. The van der Waals surface area contributed by atoms with Gasteiger partial charge in [-0.3, -0.25) is 9.59 Å². The van der Waals surface area contributed by atoms with Gasteiger partial charge in [-0.25, -0.2) is 0 Å².